The molecule has 1 aliphatic heterocycles. The van der Waals surface area contributed by atoms with Crippen LogP contribution in [0.15, 0.2) is 30.3 Å². The highest BCUT2D eigenvalue weighted by molar-refractivity contribution is 5.19. The van der Waals surface area contributed by atoms with Gasteiger partial charge in [0.2, 0.25) is 0 Å². The van der Waals surface area contributed by atoms with Gasteiger partial charge in [-0.3, -0.25) is 4.90 Å². The Kier molecular flexibility index (Phi) is 5.83. The molecule has 3 nitrogen and oxygen atoms in total. The highest BCUT2D eigenvalue weighted by Gasteiger charge is 2.28. The lowest BCUT2D eigenvalue weighted by atomic mass is 10.0. The summed E-state index contributed by atoms with van der Waals surface area (Å²) in [5.41, 5.74) is 1.37. The summed E-state index contributed by atoms with van der Waals surface area (Å²) in [5.74, 6) is 0. The van der Waals surface area contributed by atoms with Crippen molar-refractivity contribution in [3.63, 3.8) is 0 Å². The summed E-state index contributed by atoms with van der Waals surface area (Å²) in [7, 11) is 1.80. The molecular weight excluding hydrogens is 236 g/mol. The molecule has 1 saturated heterocycles. The fourth-order valence-corrected chi connectivity index (χ4v) is 2.99. The van der Waals surface area contributed by atoms with E-state index in [1.165, 1.54) is 18.4 Å². The summed E-state index contributed by atoms with van der Waals surface area (Å²) >= 11 is 0. The Morgan fingerprint density at radius 2 is 2.16 bits per heavy atom. The SMILES string of the molecule is CCCN(C1CCNC1)C(COC)c1ccccc1. The van der Waals surface area contributed by atoms with E-state index in [2.05, 4.69) is 47.5 Å². The largest absolute Gasteiger partial charge is 0.383 e. The van der Waals surface area contributed by atoms with Crippen molar-refractivity contribution in [3.05, 3.63) is 35.9 Å². The smallest absolute Gasteiger partial charge is 0.0659 e. The predicted molar refractivity (Wildman–Crippen MR) is 79.3 cm³/mol. The summed E-state index contributed by atoms with van der Waals surface area (Å²) in [4.78, 5) is 2.62. The number of benzene rings is 1. The first-order valence-corrected chi connectivity index (χ1v) is 7.37. The van der Waals surface area contributed by atoms with Gasteiger partial charge in [-0.1, -0.05) is 37.3 Å². The van der Waals surface area contributed by atoms with Gasteiger partial charge in [0.1, 0.15) is 0 Å². The van der Waals surface area contributed by atoms with E-state index in [4.69, 9.17) is 4.74 Å². The van der Waals surface area contributed by atoms with E-state index in [-0.39, 0.29) is 0 Å². The first-order valence-electron chi connectivity index (χ1n) is 7.37. The zero-order chi connectivity index (χ0) is 13.5. The van der Waals surface area contributed by atoms with Crippen LogP contribution in [-0.2, 0) is 4.74 Å². The van der Waals surface area contributed by atoms with E-state index in [1.54, 1.807) is 7.11 Å². The second kappa shape index (κ2) is 7.63. The number of rotatable bonds is 7. The lowest BCUT2D eigenvalue weighted by molar-refractivity contribution is 0.0646. The van der Waals surface area contributed by atoms with Crippen LogP contribution in [0.3, 0.4) is 0 Å². The number of nitrogens with one attached hydrogen (secondary N) is 1. The Balaban J connectivity index is 2.18. The zero-order valence-corrected chi connectivity index (χ0v) is 12.1. The third-order valence-corrected chi connectivity index (χ3v) is 3.89. The fourth-order valence-electron chi connectivity index (χ4n) is 2.99. The summed E-state index contributed by atoms with van der Waals surface area (Å²) in [6.07, 6.45) is 2.43. The molecule has 106 valence electrons. The highest BCUT2D eigenvalue weighted by Crippen LogP contribution is 2.25. The van der Waals surface area contributed by atoms with E-state index >= 15 is 0 Å². The van der Waals surface area contributed by atoms with Gasteiger partial charge in [-0.15, -0.1) is 0 Å². The van der Waals surface area contributed by atoms with E-state index in [1.807, 2.05) is 0 Å². The summed E-state index contributed by atoms with van der Waals surface area (Å²) in [5, 5.41) is 3.48. The third-order valence-electron chi connectivity index (χ3n) is 3.89. The van der Waals surface area contributed by atoms with Crippen LogP contribution in [-0.4, -0.2) is 44.3 Å². The Labute approximate surface area is 116 Å². The quantitative estimate of drug-likeness (QED) is 0.817. The standard InChI is InChI=1S/C16H26N2O/c1-3-11-18(15-9-10-17-12-15)16(13-19-2)14-7-5-4-6-8-14/h4-8,15-17H,3,9-13H2,1-2H3. The van der Waals surface area contributed by atoms with E-state index < -0.39 is 0 Å². The second-order valence-electron chi connectivity index (χ2n) is 5.27. The van der Waals surface area contributed by atoms with E-state index in [0.29, 0.717) is 12.1 Å². The van der Waals surface area contributed by atoms with Gasteiger partial charge in [0.25, 0.3) is 0 Å². The van der Waals surface area contributed by atoms with Crippen LogP contribution >= 0.6 is 0 Å². The summed E-state index contributed by atoms with van der Waals surface area (Å²) in [6.45, 7) is 6.40. The molecule has 0 saturated carbocycles. The number of methoxy groups -OCH3 is 1. The Morgan fingerprint density at radius 1 is 1.37 bits per heavy atom. The predicted octanol–water partition coefficient (Wildman–Crippen LogP) is 2.45. The van der Waals surface area contributed by atoms with Crippen LogP contribution in [0, 0.1) is 0 Å². The lowest BCUT2D eigenvalue weighted by Gasteiger charge is -2.36. The molecule has 1 N–H and O–H groups in total. The molecule has 1 aromatic rings. The number of hydrogen-bond acceptors (Lipinski definition) is 3. The molecule has 1 aromatic carbocycles. The lowest BCUT2D eigenvalue weighted by Crippen LogP contribution is -2.42. The molecule has 0 aromatic heterocycles. The molecule has 2 unspecified atom stereocenters. The number of hydrogen-bond donors (Lipinski definition) is 1. The Bertz CT molecular complexity index is 349. The zero-order valence-electron chi connectivity index (χ0n) is 12.1. The van der Waals surface area contributed by atoms with Gasteiger partial charge in [-0.2, -0.15) is 0 Å². The molecule has 0 bridgehead atoms. The second-order valence-corrected chi connectivity index (χ2v) is 5.27. The van der Waals surface area contributed by atoms with Gasteiger partial charge in [0.05, 0.1) is 12.6 Å². The van der Waals surface area contributed by atoms with Crippen LogP contribution in [0.5, 0.6) is 0 Å². The van der Waals surface area contributed by atoms with Gasteiger partial charge < -0.3 is 10.1 Å². The van der Waals surface area contributed by atoms with Crippen molar-refractivity contribution in [2.75, 3.05) is 33.4 Å². The average Bonchev–Trinajstić information content (AvgIpc) is 2.97. The minimum atomic E-state index is 0.371. The van der Waals surface area contributed by atoms with Crippen molar-refractivity contribution in [1.82, 2.24) is 10.2 Å². The molecule has 1 fully saturated rings. The van der Waals surface area contributed by atoms with Gasteiger partial charge >= 0.3 is 0 Å². The molecule has 19 heavy (non-hydrogen) atoms. The molecule has 3 heteroatoms. The number of nitrogens with zero attached hydrogens (tertiary/aromatic N) is 1. The van der Waals surface area contributed by atoms with E-state index in [9.17, 15) is 0 Å². The minimum Gasteiger partial charge on any atom is -0.383 e. The van der Waals surface area contributed by atoms with Crippen LogP contribution in [0.25, 0.3) is 0 Å². The Morgan fingerprint density at radius 3 is 2.74 bits per heavy atom. The van der Waals surface area contributed by atoms with Crippen LogP contribution in [0.4, 0.5) is 0 Å². The van der Waals surface area contributed by atoms with Crippen LogP contribution in [0.2, 0.25) is 0 Å². The molecule has 1 heterocycles. The summed E-state index contributed by atoms with van der Waals surface area (Å²) < 4.78 is 5.48. The van der Waals surface area contributed by atoms with Gasteiger partial charge in [-0.25, -0.2) is 0 Å². The highest BCUT2D eigenvalue weighted by atomic mass is 16.5. The minimum absolute atomic E-state index is 0.371. The van der Waals surface area contributed by atoms with Crippen molar-refractivity contribution < 1.29 is 4.74 Å². The molecule has 0 spiro atoms. The average molecular weight is 262 g/mol. The van der Waals surface area contributed by atoms with Crippen molar-refractivity contribution in [3.8, 4) is 0 Å². The monoisotopic (exact) mass is 262 g/mol. The first-order chi connectivity index (χ1) is 9.36. The fraction of sp³-hybridized carbons (Fsp3) is 0.625. The maximum Gasteiger partial charge on any atom is 0.0659 e. The van der Waals surface area contributed by atoms with Gasteiger partial charge in [0.15, 0.2) is 0 Å². The third kappa shape index (κ3) is 3.78. The topological polar surface area (TPSA) is 24.5 Å². The van der Waals surface area contributed by atoms with E-state index in [0.717, 1.165) is 26.2 Å². The molecular formula is C16H26N2O. The Hall–Kier alpha value is -0.900. The molecule has 0 radical (unpaired) electrons. The molecule has 0 aliphatic carbocycles. The molecule has 0 amide bonds. The van der Waals surface area contributed by atoms with Crippen LogP contribution in [0.1, 0.15) is 31.4 Å². The maximum absolute atomic E-state index is 5.48. The van der Waals surface area contributed by atoms with Crippen molar-refractivity contribution >= 4 is 0 Å². The normalized spacial score (nSPS) is 20.9. The van der Waals surface area contributed by atoms with Crippen molar-refractivity contribution in [2.24, 2.45) is 0 Å². The van der Waals surface area contributed by atoms with Crippen LogP contribution < -0.4 is 5.32 Å². The van der Waals surface area contributed by atoms with Crippen molar-refractivity contribution in [2.45, 2.75) is 31.8 Å². The molecule has 2 atom stereocenters. The maximum atomic E-state index is 5.48. The molecule has 1 aliphatic rings. The van der Waals surface area contributed by atoms with Gasteiger partial charge in [0, 0.05) is 19.7 Å². The van der Waals surface area contributed by atoms with Crippen molar-refractivity contribution in [1.29, 1.82) is 0 Å². The molecule has 2 rings (SSSR count). The first kappa shape index (κ1) is 14.5. The number of ether oxygens (including phenoxy) is 1. The van der Waals surface area contributed by atoms with Gasteiger partial charge in [-0.05, 0) is 31.5 Å². The summed E-state index contributed by atoms with van der Waals surface area (Å²) in [6, 6.07) is 11.8.